The van der Waals surface area contributed by atoms with Crippen LogP contribution in [0.1, 0.15) is 19.4 Å². The standard InChI is InChI=1S/C15H18BrN3O6/c1-3-17-14(22)15(23)19-18-7-9-5-10(16)13(25-8-12(20)21)11(6-9)24-4-2/h5-7H,3-4,8H2,1-2H3,(H,17,22)(H,19,23)(H,20,21)/p-1/b18-7-. The first-order valence-corrected chi connectivity index (χ1v) is 8.08. The van der Waals surface area contributed by atoms with Gasteiger partial charge >= 0.3 is 11.8 Å². The molecule has 0 aliphatic heterocycles. The van der Waals surface area contributed by atoms with Crippen LogP contribution in [0.3, 0.4) is 0 Å². The zero-order chi connectivity index (χ0) is 18.8. The van der Waals surface area contributed by atoms with Gasteiger partial charge in [-0.2, -0.15) is 5.10 Å². The molecule has 9 nitrogen and oxygen atoms in total. The number of hydrogen-bond donors (Lipinski definition) is 2. The maximum Gasteiger partial charge on any atom is 0.329 e. The fourth-order valence-corrected chi connectivity index (χ4v) is 2.23. The number of carboxylic acids is 1. The van der Waals surface area contributed by atoms with Crippen LogP contribution < -0.4 is 25.3 Å². The number of hydrogen-bond acceptors (Lipinski definition) is 7. The Balaban J connectivity index is 2.90. The van der Waals surface area contributed by atoms with Gasteiger partial charge in [-0.3, -0.25) is 9.59 Å². The number of nitrogens with one attached hydrogen (secondary N) is 2. The first-order valence-electron chi connectivity index (χ1n) is 7.29. The number of carbonyl (C=O) groups is 3. The molecule has 136 valence electrons. The molecule has 0 saturated heterocycles. The molecule has 0 atom stereocenters. The van der Waals surface area contributed by atoms with Crippen LogP contribution in [-0.2, 0) is 14.4 Å². The molecule has 1 rings (SSSR count). The molecule has 0 aliphatic carbocycles. The summed E-state index contributed by atoms with van der Waals surface area (Å²) in [4.78, 5) is 33.2. The minimum Gasteiger partial charge on any atom is -0.546 e. The lowest BCUT2D eigenvalue weighted by Gasteiger charge is -2.14. The Labute approximate surface area is 152 Å². The number of hydrazone groups is 1. The van der Waals surface area contributed by atoms with Crippen molar-refractivity contribution in [2.24, 2.45) is 5.10 Å². The molecule has 0 radical (unpaired) electrons. The first-order chi connectivity index (χ1) is 11.9. The van der Waals surface area contributed by atoms with Crippen LogP contribution in [0, 0.1) is 0 Å². The van der Waals surface area contributed by atoms with E-state index in [1.165, 1.54) is 6.21 Å². The largest absolute Gasteiger partial charge is 0.546 e. The van der Waals surface area contributed by atoms with Crippen molar-refractivity contribution in [3.05, 3.63) is 22.2 Å². The number of carbonyl (C=O) groups excluding carboxylic acids is 3. The van der Waals surface area contributed by atoms with E-state index in [-0.39, 0.29) is 11.5 Å². The fourth-order valence-electron chi connectivity index (χ4n) is 1.65. The quantitative estimate of drug-likeness (QED) is 0.337. The van der Waals surface area contributed by atoms with Crippen LogP contribution in [-0.4, -0.2) is 43.8 Å². The Hall–Kier alpha value is -2.62. The number of nitrogens with zero attached hydrogens (tertiary/aromatic N) is 1. The number of carboxylic acid groups (broad SMARTS) is 1. The third-order valence-corrected chi connectivity index (χ3v) is 3.18. The van der Waals surface area contributed by atoms with Crippen molar-refractivity contribution < 1.29 is 29.0 Å². The van der Waals surface area contributed by atoms with Gasteiger partial charge in [-0.05, 0) is 47.5 Å². The molecule has 0 unspecified atom stereocenters. The second-order valence-corrected chi connectivity index (χ2v) is 5.34. The van der Waals surface area contributed by atoms with Gasteiger partial charge in [0.05, 0.1) is 23.3 Å². The number of likely N-dealkylation sites (N-methyl/N-ethyl adjacent to an activating group) is 1. The van der Waals surface area contributed by atoms with Gasteiger partial charge in [-0.15, -0.1) is 0 Å². The number of aliphatic carboxylic acids is 1. The highest BCUT2D eigenvalue weighted by molar-refractivity contribution is 9.10. The number of halogens is 1. The second kappa shape index (κ2) is 10.3. The Kier molecular flexibility index (Phi) is 8.40. The van der Waals surface area contributed by atoms with Crippen molar-refractivity contribution >= 4 is 39.9 Å². The van der Waals surface area contributed by atoms with Crippen LogP contribution in [0.4, 0.5) is 0 Å². The first kappa shape index (κ1) is 20.4. The summed E-state index contributed by atoms with van der Waals surface area (Å²) < 4.78 is 11.0. The van der Waals surface area contributed by atoms with E-state index < -0.39 is 24.4 Å². The van der Waals surface area contributed by atoms with Gasteiger partial charge in [0.15, 0.2) is 11.5 Å². The molecule has 25 heavy (non-hydrogen) atoms. The topological polar surface area (TPSA) is 129 Å². The molecular weight excluding hydrogens is 398 g/mol. The number of ether oxygens (including phenoxy) is 2. The van der Waals surface area contributed by atoms with E-state index in [4.69, 9.17) is 9.47 Å². The second-order valence-electron chi connectivity index (χ2n) is 4.48. The Bertz CT molecular complexity index is 677. The predicted molar refractivity (Wildman–Crippen MR) is 90.2 cm³/mol. The summed E-state index contributed by atoms with van der Waals surface area (Å²) in [5, 5.41) is 16.6. The van der Waals surface area contributed by atoms with Gasteiger partial charge in [0.25, 0.3) is 0 Å². The highest BCUT2D eigenvalue weighted by Crippen LogP contribution is 2.36. The molecule has 2 N–H and O–H groups in total. The molecule has 0 saturated carbocycles. The molecule has 0 fully saturated rings. The van der Waals surface area contributed by atoms with Gasteiger partial charge in [-0.1, -0.05) is 0 Å². The van der Waals surface area contributed by atoms with Gasteiger partial charge in [0, 0.05) is 6.54 Å². The monoisotopic (exact) mass is 414 g/mol. The molecule has 0 aromatic heterocycles. The molecule has 1 aromatic carbocycles. The van der Waals surface area contributed by atoms with E-state index in [9.17, 15) is 19.5 Å². The molecule has 10 heteroatoms. The van der Waals surface area contributed by atoms with Crippen LogP contribution in [0.2, 0.25) is 0 Å². The molecular formula is C15H17BrN3O6-. The summed E-state index contributed by atoms with van der Waals surface area (Å²) in [7, 11) is 0. The molecule has 0 heterocycles. The highest BCUT2D eigenvalue weighted by Gasteiger charge is 2.13. The van der Waals surface area contributed by atoms with Crippen molar-refractivity contribution in [2.45, 2.75) is 13.8 Å². The van der Waals surface area contributed by atoms with Gasteiger partial charge < -0.3 is 24.7 Å². The Morgan fingerprint density at radius 2 is 1.96 bits per heavy atom. The lowest BCUT2D eigenvalue weighted by molar-refractivity contribution is -0.307. The predicted octanol–water partition coefficient (Wildman–Crippen LogP) is -0.437. The average molecular weight is 415 g/mol. The number of rotatable bonds is 8. The minimum atomic E-state index is -1.37. The summed E-state index contributed by atoms with van der Waals surface area (Å²) in [5.41, 5.74) is 2.61. The van der Waals surface area contributed by atoms with E-state index in [0.717, 1.165) is 0 Å². The minimum absolute atomic E-state index is 0.203. The van der Waals surface area contributed by atoms with Crippen LogP contribution in [0.15, 0.2) is 21.7 Å². The van der Waals surface area contributed by atoms with E-state index in [1.54, 1.807) is 26.0 Å². The summed E-state index contributed by atoms with van der Waals surface area (Å²) in [6, 6.07) is 3.12. The van der Waals surface area contributed by atoms with Gasteiger partial charge in [0.1, 0.15) is 6.61 Å². The summed E-state index contributed by atoms with van der Waals surface area (Å²) in [5.74, 6) is -2.56. The van der Waals surface area contributed by atoms with Crippen molar-refractivity contribution in [1.82, 2.24) is 10.7 Å². The molecule has 2 amide bonds. The maximum absolute atomic E-state index is 11.4. The molecule has 0 aliphatic rings. The molecule has 1 aromatic rings. The Morgan fingerprint density at radius 1 is 1.24 bits per heavy atom. The fraction of sp³-hybridized carbons (Fsp3) is 0.333. The lowest BCUT2D eigenvalue weighted by Crippen LogP contribution is -2.37. The van der Waals surface area contributed by atoms with E-state index in [0.29, 0.717) is 23.2 Å². The van der Waals surface area contributed by atoms with Crippen molar-refractivity contribution in [3.63, 3.8) is 0 Å². The smallest absolute Gasteiger partial charge is 0.329 e. The van der Waals surface area contributed by atoms with Crippen molar-refractivity contribution in [1.29, 1.82) is 0 Å². The van der Waals surface area contributed by atoms with Crippen LogP contribution in [0.25, 0.3) is 0 Å². The lowest BCUT2D eigenvalue weighted by atomic mass is 10.2. The van der Waals surface area contributed by atoms with Crippen LogP contribution >= 0.6 is 15.9 Å². The SMILES string of the molecule is CCNC(=O)C(=O)N/N=C\c1cc(Br)c(OCC(=O)[O-])c(OCC)c1. The zero-order valence-corrected chi connectivity index (χ0v) is 15.2. The Morgan fingerprint density at radius 3 is 2.56 bits per heavy atom. The summed E-state index contributed by atoms with van der Waals surface area (Å²) in [6.45, 7) is 3.46. The number of benzene rings is 1. The maximum atomic E-state index is 11.4. The third kappa shape index (κ3) is 6.79. The van der Waals surface area contributed by atoms with E-state index >= 15 is 0 Å². The van der Waals surface area contributed by atoms with E-state index in [2.05, 4.69) is 31.8 Å². The van der Waals surface area contributed by atoms with Crippen molar-refractivity contribution in [3.8, 4) is 11.5 Å². The van der Waals surface area contributed by atoms with Crippen LogP contribution in [0.5, 0.6) is 11.5 Å². The van der Waals surface area contributed by atoms with E-state index in [1.807, 2.05) is 0 Å². The normalized spacial score (nSPS) is 10.4. The average Bonchev–Trinajstić information content (AvgIpc) is 2.54. The van der Waals surface area contributed by atoms with Gasteiger partial charge in [-0.25, -0.2) is 5.43 Å². The highest BCUT2D eigenvalue weighted by atomic mass is 79.9. The van der Waals surface area contributed by atoms with Gasteiger partial charge in [0.2, 0.25) is 0 Å². The van der Waals surface area contributed by atoms with Crippen molar-refractivity contribution in [2.75, 3.05) is 19.8 Å². The zero-order valence-electron chi connectivity index (χ0n) is 13.6. The summed E-state index contributed by atoms with van der Waals surface area (Å²) in [6.07, 6.45) is 1.30. The third-order valence-electron chi connectivity index (χ3n) is 2.59. The molecule has 0 spiro atoms. The molecule has 0 bridgehead atoms. The summed E-state index contributed by atoms with van der Waals surface area (Å²) >= 11 is 3.25. The number of amides is 2.